The van der Waals surface area contributed by atoms with Crippen LogP contribution < -0.4 is 0 Å². The van der Waals surface area contributed by atoms with Crippen molar-refractivity contribution < 1.29 is 5.11 Å². The van der Waals surface area contributed by atoms with E-state index in [0.717, 1.165) is 23.5 Å². The molecule has 0 aromatic heterocycles. The number of hydrogen-bond donors (Lipinski definition) is 1. The number of aromatic hydroxyl groups is 1. The topological polar surface area (TPSA) is 20.2 Å². The van der Waals surface area contributed by atoms with Gasteiger partial charge in [0, 0.05) is 0 Å². The SMILES string of the molecule is Cc1cc(C)c(O)c(CCCCCCC(C)C)c1. The van der Waals surface area contributed by atoms with Crippen LogP contribution in [0.5, 0.6) is 5.75 Å². The van der Waals surface area contributed by atoms with Crippen molar-refractivity contribution >= 4 is 0 Å². The van der Waals surface area contributed by atoms with Gasteiger partial charge in [-0.2, -0.15) is 0 Å². The molecular weight excluding hydrogens is 220 g/mol. The first-order valence-electron chi connectivity index (χ1n) is 7.29. The van der Waals surface area contributed by atoms with Gasteiger partial charge in [-0.15, -0.1) is 0 Å². The van der Waals surface area contributed by atoms with E-state index < -0.39 is 0 Å². The summed E-state index contributed by atoms with van der Waals surface area (Å²) in [7, 11) is 0. The molecule has 102 valence electrons. The summed E-state index contributed by atoms with van der Waals surface area (Å²) in [6.07, 6.45) is 7.48. The van der Waals surface area contributed by atoms with Crippen molar-refractivity contribution in [3.8, 4) is 5.75 Å². The second-order valence-electron chi connectivity index (χ2n) is 5.94. The predicted octanol–water partition coefficient (Wildman–Crippen LogP) is 5.16. The Bertz CT molecular complexity index is 366. The smallest absolute Gasteiger partial charge is 0.121 e. The maximum absolute atomic E-state index is 10.00. The summed E-state index contributed by atoms with van der Waals surface area (Å²) < 4.78 is 0. The largest absolute Gasteiger partial charge is 0.507 e. The van der Waals surface area contributed by atoms with Crippen LogP contribution in [0.25, 0.3) is 0 Å². The van der Waals surface area contributed by atoms with E-state index in [1.807, 2.05) is 13.0 Å². The molecule has 0 radical (unpaired) electrons. The summed E-state index contributed by atoms with van der Waals surface area (Å²) >= 11 is 0. The Morgan fingerprint density at radius 2 is 1.67 bits per heavy atom. The molecule has 18 heavy (non-hydrogen) atoms. The lowest BCUT2D eigenvalue weighted by Crippen LogP contribution is -1.92. The monoisotopic (exact) mass is 248 g/mol. The minimum atomic E-state index is 0.503. The Labute approximate surface area is 112 Å². The van der Waals surface area contributed by atoms with Gasteiger partial charge in [-0.3, -0.25) is 0 Å². The van der Waals surface area contributed by atoms with E-state index in [1.165, 1.54) is 37.7 Å². The zero-order valence-electron chi connectivity index (χ0n) is 12.4. The molecule has 0 fully saturated rings. The zero-order valence-corrected chi connectivity index (χ0v) is 12.4. The predicted molar refractivity (Wildman–Crippen MR) is 79.2 cm³/mol. The van der Waals surface area contributed by atoms with Crippen LogP contribution in [0.3, 0.4) is 0 Å². The van der Waals surface area contributed by atoms with Crippen LogP contribution in [0.2, 0.25) is 0 Å². The molecule has 0 aliphatic rings. The van der Waals surface area contributed by atoms with Gasteiger partial charge in [-0.1, -0.05) is 57.2 Å². The average Bonchev–Trinajstić information content (AvgIpc) is 2.29. The first kappa shape index (κ1) is 15.1. The third-order valence-corrected chi connectivity index (χ3v) is 3.50. The van der Waals surface area contributed by atoms with Crippen LogP contribution in [0.4, 0.5) is 0 Å². The summed E-state index contributed by atoms with van der Waals surface area (Å²) in [5.41, 5.74) is 3.38. The lowest BCUT2D eigenvalue weighted by atomic mass is 9.99. The highest BCUT2D eigenvalue weighted by Gasteiger charge is 2.05. The first-order chi connectivity index (χ1) is 8.50. The molecule has 0 heterocycles. The molecule has 0 amide bonds. The molecule has 1 aromatic carbocycles. The molecule has 1 aromatic rings. The van der Waals surface area contributed by atoms with Gasteiger partial charge < -0.3 is 5.11 Å². The van der Waals surface area contributed by atoms with Crippen LogP contribution in [0.15, 0.2) is 12.1 Å². The number of unbranched alkanes of at least 4 members (excludes halogenated alkanes) is 3. The molecule has 1 N–H and O–H groups in total. The zero-order chi connectivity index (χ0) is 13.5. The molecule has 0 aliphatic heterocycles. The maximum Gasteiger partial charge on any atom is 0.121 e. The van der Waals surface area contributed by atoms with E-state index in [-0.39, 0.29) is 0 Å². The van der Waals surface area contributed by atoms with Crippen molar-refractivity contribution in [3.05, 3.63) is 28.8 Å². The van der Waals surface area contributed by atoms with Gasteiger partial charge >= 0.3 is 0 Å². The number of rotatable bonds is 7. The average molecular weight is 248 g/mol. The van der Waals surface area contributed by atoms with Crippen molar-refractivity contribution in [1.82, 2.24) is 0 Å². The Morgan fingerprint density at radius 1 is 1.00 bits per heavy atom. The molecule has 0 spiro atoms. The highest BCUT2D eigenvalue weighted by molar-refractivity contribution is 5.42. The molecular formula is C17H28O. The highest BCUT2D eigenvalue weighted by atomic mass is 16.3. The van der Waals surface area contributed by atoms with Crippen LogP contribution in [-0.2, 0) is 6.42 Å². The number of phenolic OH excluding ortho intramolecular Hbond substituents is 1. The molecule has 0 bridgehead atoms. The maximum atomic E-state index is 10.00. The number of benzene rings is 1. The first-order valence-corrected chi connectivity index (χ1v) is 7.29. The van der Waals surface area contributed by atoms with Crippen LogP contribution >= 0.6 is 0 Å². The fraction of sp³-hybridized carbons (Fsp3) is 0.647. The highest BCUT2D eigenvalue weighted by Crippen LogP contribution is 2.25. The van der Waals surface area contributed by atoms with Gasteiger partial charge in [0.05, 0.1) is 0 Å². The van der Waals surface area contributed by atoms with Gasteiger partial charge in [-0.25, -0.2) is 0 Å². The quantitative estimate of drug-likeness (QED) is 0.661. The third-order valence-electron chi connectivity index (χ3n) is 3.50. The van der Waals surface area contributed by atoms with E-state index >= 15 is 0 Å². The summed E-state index contributed by atoms with van der Waals surface area (Å²) in [4.78, 5) is 0. The van der Waals surface area contributed by atoms with Crippen molar-refractivity contribution in [2.24, 2.45) is 5.92 Å². The van der Waals surface area contributed by atoms with E-state index in [2.05, 4.69) is 26.8 Å². The molecule has 1 nitrogen and oxygen atoms in total. The van der Waals surface area contributed by atoms with Crippen molar-refractivity contribution in [3.63, 3.8) is 0 Å². The number of phenols is 1. The molecule has 0 aliphatic carbocycles. The summed E-state index contributed by atoms with van der Waals surface area (Å²) in [5.74, 6) is 1.33. The Balaban J connectivity index is 2.31. The third kappa shape index (κ3) is 5.12. The molecule has 0 atom stereocenters. The lowest BCUT2D eigenvalue weighted by molar-refractivity contribution is 0.461. The summed E-state index contributed by atoms with van der Waals surface area (Å²) in [6.45, 7) is 8.65. The normalized spacial score (nSPS) is 11.2. The van der Waals surface area contributed by atoms with Gasteiger partial charge in [0.15, 0.2) is 0 Å². The minimum absolute atomic E-state index is 0.503. The van der Waals surface area contributed by atoms with Gasteiger partial charge in [0.25, 0.3) is 0 Å². The summed E-state index contributed by atoms with van der Waals surface area (Å²) in [6, 6.07) is 4.16. The molecule has 0 unspecified atom stereocenters. The Hall–Kier alpha value is -0.980. The number of aryl methyl sites for hydroxylation is 3. The van der Waals surface area contributed by atoms with Crippen LogP contribution in [-0.4, -0.2) is 5.11 Å². The Morgan fingerprint density at radius 3 is 2.33 bits per heavy atom. The van der Waals surface area contributed by atoms with Gasteiger partial charge in [0.2, 0.25) is 0 Å². The van der Waals surface area contributed by atoms with E-state index in [4.69, 9.17) is 0 Å². The molecule has 1 rings (SSSR count). The molecule has 0 saturated heterocycles. The molecule has 0 saturated carbocycles. The van der Waals surface area contributed by atoms with Crippen molar-refractivity contribution in [2.45, 2.75) is 66.2 Å². The second-order valence-corrected chi connectivity index (χ2v) is 5.94. The summed E-state index contributed by atoms with van der Waals surface area (Å²) in [5, 5.41) is 10.00. The van der Waals surface area contributed by atoms with Gasteiger partial charge in [-0.05, 0) is 43.7 Å². The van der Waals surface area contributed by atoms with E-state index in [9.17, 15) is 5.11 Å². The second kappa shape index (κ2) is 7.45. The van der Waals surface area contributed by atoms with Crippen LogP contribution in [0.1, 0.15) is 62.6 Å². The van der Waals surface area contributed by atoms with E-state index in [0.29, 0.717) is 5.75 Å². The van der Waals surface area contributed by atoms with Gasteiger partial charge in [0.1, 0.15) is 5.75 Å². The minimum Gasteiger partial charge on any atom is -0.507 e. The van der Waals surface area contributed by atoms with Crippen LogP contribution in [0, 0.1) is 19.8 Å². The fourth-order valence-corrected chi connectivity index (χ4v) is 2.46. The Kier molecular flexibility index (Phi) is 6.24. The number of hydrogen-bond acceptors (Lipinski definition) is 1. The van der Waals surface area contributed by atoms with Crippen molar-refractivity contribution in [2.75, 3.05) is 0 Å². The molecule has 1 heteroatoms. The fourth-order valence-electron chi connectivity index (χ4n) is 2.46. The standard InChI is InChI=1S/C17H28O/c1-13(2)9-7-5-6-8-10-16-12-14(3)11-15(4)17(16)18/h11-13,18H,5-10H2,1-4H3. The van der Waals surface area contributed by atoms with E-state index in [1.54, 1.807) is 0 Å². The lowest BCUT2D eigenvalue weighted by Gasteiger charge is -2.09. The van der Waals surface area contributed by atoms with Crippen molar-refractivity contribution in [1.29, 1.82) is 0 Å².